The van der Waals surface area contributed by atoms with Crippen molar-refractivity contribution in [2.24, 2.45) is 0 Å². The second-order valence-corrected chi connectivity index (χ2v) is 5.32. The number of halogens is 2. The summed E-state index contributed by atoms with van der Waals surface area (Å²) in [7, 11) is 3.28. The average Bonchev–Trinajstić information content (AvgIpc) is 2.34. The van der Waals surface area contributed by atoms with Crippen molar-refractivity contribution in [2.75, 3.05) is 34.2 Å². The van der Waals surface area contributed by atoms with Crippen molar-refractivity contribution in [1.82, 2.24) is 5.32 Å². The van der Waals surface area contributed by atoms with E-state index in [0.717, 1.165) is 33.3 Å². The van der Waals surface area contributed by atoms with Gasteiger partial charge >= 0.3 is 0 Å². The Morgan fingerprint density at radius 1 is 1.11 bits per heavy atom. The molecule has 0 saturated heterocycles. The predicted octanol–water partition coefficient (Wildman–Crippen LogP) is 2.93. The van der Waals surface area contributed by atoms with E-state index in [9.17, 15) is 0 Å². The van der Waals surface area contributed by atoms with Crippen LogP contribution in [0.15, 0.2) is 21.1 Å². The van der Waals surface area contributed by atoms with Crippen molar-refractivity contribution >= 4 is 31.9 Å². The summed E-state index contributed by atoms with van der Waals surface area (Å²) >= 11 is 6.98. The molecule has 0 unspecified atom stereocenters. The first kappa shape index (κ1) is 15.9. The monoisotopic (exact) mass is 381 g/mol. The van der Waals surface area contributed by atoms with Crippen LogP contribution in [-0.4, -0.2) is 34.2 Å². The van der Waals surface area contributed by atoms with Gasteiger partial charge in [0, 0.05) is 27.3 Å². The zero-order valence-electron chi connectivity index (χ0n) is 10.5. The lowest BCUT2D eigenvalue weighted by molar-refractivity contribution is 0.0500. The molecule has 0 bridgehead atoms. The van der Waals surface area contributed by atoms with Crippen molar-refractivity contribution in [3.63, 3.8) is 0 Å². The van der Waals surface area contributed by atoms with E-state index in [1.165, 1.54) is 0 Å². The van der Waals surface area contributed by atoms with Crippen molar-refractivity contribution in [3.8, 4) is 5.75 Å². The third-order valence-corrected chi connectivity index (χ3v) is 3.37. The second kappa shape index (κ2) is 8.87. The van der Waals surface area contributed by atoms with Crippen LogP contribution in [0.3, 0.4) is 0 Å². The highest BCUT2D eigenvalue weighted by Gasteiger charge is 2.08. The topological polar surface area (TPSA) is 39.7 Å². The van der Waals surface area contributed by atoms with Gasteiger partial charge < -0.3 is 19.5 Å². The molecule has 6 heteroatoms. The van der Waals surface area contributed by atoms with Gasteiger partial charge in [0.25, 0.3) is 0 Å². The summed E-state index contributed by atoms with van der Waals surface area (Å²) in [6, 6.07) is 4.05. The SMILES string of the molecule is COCCNCc1cc(Br)c(OCOC)c(Br)c1. The van der Waals surface area contributed by atoms with Gasteiger partial charge in [-0.1, -0.05) is 0 Å². The van der Waals surface area contributed by atoms with Gasteiger partial charge in [0.1, 0.15) is 0 Å². The highest BCUT2D eigenvalue weighted by atomic mass is 79.9. The van der Waals surface area contributed by atoms with Crippen LogP contribution in [0.1, 0.15) is 5.56 Å². The molecule has 4 nitrogen and oxygen atoms in total. The van der Waals surface area contributed by atoms with Crippen molar-refractivity contribution in [3.05, 3.63) is 26.6 Å². The quantitative estimate of drug-likeness (QED) is 0.554. The minimum Gasteiger partial charge on any atom is -0.465 e. The van der Waals surface area contributed by atoms with Gasteiger partial charge in [0.15, 0.2) is 12.5 Å². The van der Waals surface area contributed by atoms with Gasteiger partial charge in [-0.25, -0.2) is 0 Å². The molecule has 0 saturated carbocycles. The van der Waals surface area contributed by atoms with Gasteiger partial charge in [-0.05, 0) is 49.6 Å². The summed E-state index contributed by atoms with van der Waals surface area (Å²) in [5.41, 5.74) is 1.16. The molecule has 0 aromatic heterocycles. The normalized spacial score (nSPS) is 10.7. The summed E-state index contributed by atoms with van der Waals surface area (Å²) in [6.07, 6.45) is 0. The summed E-state index contributed by atoms with van der Waals surface area (Å²) in [5, 5.41) is 3.29. The zero-order chi connectivity index (χ0) is 13.4. The van der Waals surface area contributed by atoms with Gasteiger partial charge in [0.2, 0.25) is 0 Å². The Morgan fingerprint density at radius 2 is 1.78 bits per heavy atom. The van der Waals surface area contributed by atoms with Gasteiger partial charge in [0.05, 0.1) is 15.6 Å². The van der Waals surface area contributed by atoms with Crippen LogP contribution in [0, 0.1) is 0 Å². The Hall–Kier alpha value is -0.140. The fraction of sp³-hybridized carbons (Fsp3) is 0.500. The first-order valence-electron chi connectivity index (χ1n) is 5.48. The van der Waals surface area contributed by atoms with Crippen molar-refractivity contribution in [1.29, 1.82) is 0 Å². The molecule has 1 N–H and O–H groups in total. The van der Waals surface area contributed by atoms with E-state index >= 15 is 0 Å². The molecule has 0 radical (unpaired) electrons. The van der Waals surface area contributed by atoms with E-state index in [1.54, 1.807) is 14.2 Å². The van der Waals surface area contributed by atoms with Gasteiger partial charge in [-0.15, -0.1) is 0 Å². The Bertz CT molecular complexity index is 351. The van der Waals surface area contributed by atoms with Gasteiger partial charge in [-0.2, -0.15) is 0 Å². The fourth-order valence-corrected chi connectivity index (χ4v) is 2.89. The number of methoxy groups -OCH3 is 2. The zero-order valence-corrected chi connectivity index (χ0v) is 13.6. The minimum absolute atomic E-state index is 0.225. The first-order valence-corrected chi connectivity index (χ1v) is 7.07. The molecular formula is C12H17Br2NO3. The Kier molecular flexibility index (Phi) is 7.85. The lowest BCUT2D eigenvalue weighted by atomic mass is 10.2. The predicted molar refractivity (Wildman–Crippen MR) is 77.9 cm³/mol. The van der Waals surface area contributed by atoms with E-state index in [-0.39, 0.29) is 6.79 Å². The molecular weight excluding hydrogens is 366 g/mol. The highest BCUT2D eigenvalue weighted by molar-refractivity contribution is 9.11. The molecule has 0 amide bonds. The summed E-state index contributed by atoms with van der Waals surface area (Å²) in [4.78, 5) is 0. The standard InChI is InChI=1S/C12H17Br2NO3/c1-16-4-3-15-7-9-5-10(13)12(11(14)6-9)18-8-17-2/h5-6,15H,3-4,7-8H2,1-2H3. The molecule has 102 valence electrons. The number of benzene rings is 1. The number of hydrogen-bond acceptors (Lipinski definition) is 4. The molecule has 0 aliphatic carbocycles. The molecule has 1 aromatic carbocycles. The Balaban J connectivity index is 2.61. The molecule has 0 aliphatic heterocycles. The number of rotatable bonds is 8. The number of ether oxygens (including phenoxy) is 3. The van der Waals surface area contributed by atoms with Crippen LogP contribution in [0.2, 0.25) is 0 Å². The lowest BCUT2D eigenvalue weighted by Crippen LogP contribution is -2.18. The summed E-state index contributed by atoms with van der Waals surface area (Å²) in [6.45, 7) is 2.54. The molecule has 1 aromatic rings. The third kappa shape index (κ3) is 5.24. The van der Waals surface area contributed by atoms with E-state index < -0.39 is 0 Å². The van der Waals surface area contributed by atoms with Crippen LogP contribution in [0.5, 0.6) is 5.75 Å². The molecule has 1 rings (SSSR count). The fourth-order valence-electron chi connectivity index (χ4n) is 1.38. The molecule has 0 aliphatic rings. The molecule has 0 spiro atoms. The van der Waals surface area contributed by atoms with Crippen LogP contribution in [0.4, 0.5) is 0 Å². The van der Waals surface area contributed by atoms with Crippen LogP contribution in [-0.2, 0) is 16.0 Å². The third-order valence-electron chi connectivity index (χ3n) is 2.19. The second-order valence-electron chi connectivity index (χ2n) is 3.61. The maximum Gasteiger partial charge on any atom is 0.188 e. The van der Waals surface area contributed by atoms with Crippen LogP contribution >= 0.6 is 31.9 Å². The van der Waals surface area contributed by atoms with E-state index in [4.69, 9.17) is 14.2 Å². The van der Waals surface area contributed by atoms with Crippen molar-refractivity contribution in [2.45, 2.75) is 6.54 Å². The first-order chi connectivity index (χ1) is 8.69. The lowest BCUT2D eigenvalue weighted by Gasteiger charge is -2.12. The average molecular weight is 383 g/mol. The summed E-state index contributed by atoms with van der Waals surface area (Å²) < 4.78 is 17.1. The molecule has 18 heavy (non-hydrogen) atoms. The van der Waals surface area contributed by atoms with Crippen molar-refractivity contribution < 1.29 is 14.2 Å². The maximum absolute atomic E-state index is 5.46. The minimum atomic E-state index is 0.225. The van der Waals surface area contributed by atoms with Crippen LogP contribution < -0.4 is 10.1 Å². The summed E-state index contributed by atoms with van der Waals surface area (Å²) in [5.74, 6) is 0.748. The highest BCUT2D eigenvalue weighted by Crippen LogP contribution is 2.34. The van der Waals surface area contributed by atoms with Gasteiger partial charge in [-0.3, -0.25) is 0 Å². The smallest absolute Gasteiger partial charge is 0.188 e. The van der Waals surface area contributed by atoms with E-state index in [0.29, 0.717) is 6.61 Å². The molecule has 0 atom stereocenters. The Labute approximate surface area is 124 Å². The van der Waals surface area contributed by atoms with E-state index in [2.05, 4.69) is 37.2 Å². The number of hydrogen-bond donors (Lipinski definition) is 1. The maximum atomic E-state index is 5.46. The largest absolute Gasteiger partial charge is 0.465 e. The van der Waals surface area contributed by atoms with Crippen LogP contribution in [0.25, 0.3) is 0 Å². The number of nitrogens with one attached hydrogen (secondary N) is 1. The Morgan fingerprint density at radius 3 is 2.33 bits per heavy atom. The molecule has 0 fully saturated rings. The molecule has 0 heterocycles. The van der Waals surface area contributed by atoms with E-state index in [1.807, 2.05) is 12.1 Å².